The van der Waals surface area contributed by atoms with Gasteiger partial charge in [-0.15, -0.1) is 0 Å². The van der Waals surface area contributed by atoms with E-state index in [2.05, 4.69) is 10.6 Å². The highest BCUT2D eigenvalue weighted by atomic mass is 16.5. The number of nitrogens with zero attached hydrogens (tertiary/aromatic N) is 1. The van der Waals surface area contributed by atoms with Crippen molar-refractivity contribution in [1.29, 1.82) is 0 Å². The quantitative estimate of drug-likeness (QED) is 0.530. The second-order valence-corrected chi connectivity index (χ2v) is 6.92. The molecule has 0 radical (unpaired) electrons. The standard InChI is InChI=1S/C19H27N3O6/c1-11(2)14(10-23)20-17(24)8-13-18(25)22(19(26)21-13)9-12-5-6-15(27-3)16(7-12)28-4/h5-7,11,13-14,23H,8-10H2,1-4H3,(H,20,24)(H,21,26)/t13-,14+/m0/s1. The molecule has 3 N–H and O–H groups in total. The molecule has 4 amide bonds. The predicted octanol–water partition coefficient (Wildman–Crippen LogP) is 0.647. The number of benzene rings is 1. The molecule has 0 bridgehead atoms. The molecule has 1 aliphatic heterocycles. The molecule has 0 aliphatic carbocycles. The summed E-state index contributed by atoms with van der Waals surface area (Å²) in [5, 5.41) is 14.5. The van der Waals surface area contributed by atoms with E-state index in [1.54, 1.807) is 18.2 Å². The third kappa shape index (κ3) is 4.92. The predicted molar refractivity (Wildman–Crippen MR) is 101 cm³/mol. The van der Waals surface area contributed by atoms with E-state index in [4.69, 9.17) is 9.47 Å². The van der Waals surface area contributed by atoms with Crippen LogP contribution in [-0.2, 0) is 16.1 Å². The van der Waals surface area contributed by atoms with Crippen LogP contribution in [0.4, 0.5) is 4.79 Å². The Hall–Kier alpha value is -2.81. The molecule has 1 fully saturated rings. The molecule has 0 unspecified atom stereocenters. The Balaban J connectivity index is 2.02. The molecule has 1 saturated heterocycles. The topological polar surface area (TPSA) is 117 Å². The zero-order valence-electron chi connectivity index (χ0n) is 16.5. The third-order valence-electron chi connectivity index (χ3n) is 4.63. The van der Waals surface area contributed by atoms with Crippen molar-refractivity contribution in [3.05, 3.63) is 23.8 Å². The molecule has 28 heavy (non-hydrogen) atoms. The fraction of sp³-hybridized carbons (Fsp3) is 0.526. The van der Waals surface area contributed by atoms with Crippen LogP contribution in [0.3, 0.4) is 0 Å². The van der Waals surface area contributed by atoms with Crippen molar-refractivity contribution in [2.75, 3.05) is 20.8 Å². The molecule has 0 spiro atoms. The molecule has 2 atom stereocenters. The van der Waals surface area contributed by atoms with E-state index in [1.807, 2.05) is 13.8 Å². The first kappa shape index (κ1) is 21.5. The minimum atomic E-state index is -0.931. The second kappa shape index (κ2) is 9.41. The number of carbonyl (C=O) groups is 3. The maximum absolute atomic E-state index is 12.6. The highest BCUT2D eigenvalue weighted by Crippen LogP contribution is 2.28. The number of imide groups is 1. The molecule has 1 aromatic carbocycles. The van der Waals surface area contributed by atoms with Gasteiger partial charge in [-0.3, -0.25) is 14.5 Å². The minimum Gasteiger partial charge on any atom is -0.493 e. The number of nitrogens with one attached hydrogen (secondary N) is 2. The first-order valence-electron chi connectivity index (χ1n) is 9.03. The van der Waals surface area contributed by atoms with E-state index < -0.39 is 29.9 Å². The van der Waals surface area contributed by atoms with Gasteiger partial charge in [0.05, 0.1) is 39.8 Å². The van der Waals surface area contributed by atoms with Crippen LogP contribution in [0.2, 0.25) is 0 Å². The molecular formula is C19H27N3O6. The van der Waals surface area contributed by atoms with Gasteiger partial charge in [0.2, 0.25) is 5.91 Å². The van der Waals surface area contributed by atoms with Gasteiger partial charge in [-0.2, -0.15) is 0 Å². The molecular weight excluding hydrogens is 366 g/mol. The van der Waals surface area contributed by atoms with Crippen molar-refractivity contribution in [3.8, 4) is 11.5 Å². The molecule has 0 saturated carbocycles. The Morgan fingerprint density at radius 2 is 1.93 bits per heavy atom. The Labute approximate surface area is 164 Å². The molecule has 1 heterocycles. The summed E-state index contributed by atoms with van der Waals surface area (Å²) in [5.41, 5.74) is 0.686. The smallest absolute Gasteiger partial charge is 0.325 e. The number of hydrogen-bond donors (Lipinski definition) is 3. The Kier molecular flexibility index (Phi) is 7.22. The summed E-state index contributed by atoms with van der Waals surface area (Å²) in [6.45, 7) is 3.59. The number of methoxy groups -OCH3 is 2. The van der Waals surface area contributed by atoms with E-state index in [1.165, 1.54) is 14.2 Å². The van der Waals surface area contributed by atoms with Gasteiger partial charge in [0.1, 0.15) is 6.04 Å². The number of carbonyl (C=O) groups excluding carboxylic acids is 3. The minimum absolute atomic E-state index is 0.0457. The number of hydrogen-bond acceptors (Lipinski definition) is 6. The van der Waals surface area contributed by atoms with Crippen molar-refractivity contribution in [2.24, 2.45) is 5.92 Å². The molecule has 1 aliphatic rings. The lowest BCUT2D eigenvalue weighted by molar-refractivity contribution is -0.131. The Morgan fingerprint density at radius 1 is 1.25 bits per heavy atom. The van der Waals surface area contributed by atoms with Crippen molar-refractivity contribution < 1.29 is 29.0 Å². The Bertz CT molecular complexity index is 736. The zero-order chi connectivity index (χ0) is 20.8. The summed E-state index contributed by atoms with van der Waals surface area (Å²) in [6, 6.07) is 3.23. The van der Waals surface area contributed by atoms with Gasteiger partial charge in [0, 0.05) is 0 Å². The van der Waals surface area contributed by atoms with Crippen LogP contribution in [0, 0.1) is 5.92 Å². The van der Waals surface area contributed by atoms with E-state index in [-0.39, 0.29) is 25.5 Å². The Morgan fingerprint density at radius 3 is 2.50 bits per heavy atom. The summed E-state index contributed by atoms with van der Waals surface area (Å²) in [6.07, 6.45) is -0.184. The maximum atomic E-state index is 12.6. The second-order valence-electron chi connectivity index (χ2n) is 6.92. The maximum Gasteiger partial charge on any atom is 0.325 e. The van der Waals surface area contributed by atoms with Gasteiger partial charge in [-0.1, -0.05) is 19.9 Å². The number of aliphatic hydroxyl groups excluding tert-OH is 1. The summed E-state index contributed by atoms with van der Waals surface area (Å²) in [4.78, 5) is 38.0. The summed E-state index contributed by atoms with van der Waals surface area (Å²) < 4.78 is 10.4. The van der Waals surface area contributed by atoms with Crippen LogP contribution >= 0.6 is 0 Å². The lowest BCUT2D eigenvalue weighted by atomic mass is 10.0. The van der Waals surface area contributed by atoms with E-state index in [0.29, 0.717) is 17.1 Å². The molecule has 9 nitrogen and oxygen atoms in total. The lowest BCUT2D eigenvalue weighted by Gasteiger charge is -2.20. The highest BCUT2D eigenvalue weighted by molar-refractivity contribution is 6.05. The van der Waals surface area contributed by atoms with Crippen LogP contribution in [0.15, 0.2) is 18.2 Å². The summed E-state index contributed by atoms with van der Waals surface area (Å²) in [7, 11) is 3.02. The molecule has 0 aromatic heterocycles. The van der Waals surface area contributed by atoms with E-state index in [9.17, 15) is 19.5 Å². The lowest BCUT2D eigenvalue weighted by Crippen LogP contribution is -2.44. The monoisotopic (exact) mass is 393 g/mol. The number of ether oxygens (including phenoxy) is 2. The van der Waals surface area contributed by atoms with Crippen LogP contribution in [0.5, 0.6) is 11.5 Å². The van der Waals surface area contributed by atoms with Crippen molar-refractivity contribution in [2.45, 2.75) is 38.9 Å². The van der Waals surface area contributed by atoms with Crippen molar-refractivity contribution in [3.63, 3.8) is 0 Å². The fourth-order valence-corrected chi connectivity index (χ4v) is 2.90. The van der Waals surface area contributed by atoms with Crippen LogP contribution in [-0.4, -0.2) is 60.8 Å². The molecule has 9 heteroatoms. The number of urea groups is 1. The van der Waals surface area contributed by atoms with E-state index >= 15 is 0 Å². The third-order valence-corrected chi connectivity index (χ3v) is 4.63. The van der Waals surface area contributed by atoms with Crippen LogP contribution in [0.1, 0.15) is 25.8 Å². The van der Waals surface area contributed by atoms with Crippen molar-refractivity contribution >= 4 is 17.8 Å². The van der Waals surface area contributed by atoms with Gasteiger partial charge in [-0.25, -0.2) is 4.79 Å². The van der Waals surface area contributed by atoms with Crippen molar-refractivity contribution in [1.82, 2.24) is 15.5 Å². The summed E-state index contributed by atoms with van der Waals surface area (Å²) in [5.74, 6) is 0.206. The fourth-order valence-electron chi connectivity index (χ4n) is 2.90. The first-order chi connectivity index (χ1) is 13.3. The van der Waals surface area contributed by atoms with Gasteiger partial charge in [0.15, 0.2) is 11.5 Å². The largest absolute Gasteiger partial charge is 0.493 e. The van der Waals surface area contributed by atoms with Gasteiger partial charge < -0.3 is 25.2 Å². The van der Waals surface area contributed by atoms with Gasteiger partial charge in [0.25, 0.3) is 5.91 Å². The van der Waals surface area contributed by atoms with Gasteiger partial charge in [-0.05, 0) is 23.6 Å². The molecule has 2 rings (SSSR count). The molecule has 154 valence electrons. The first-order valence-corrected chi connectivity index (χ1v) is 9.03. The summed E-state index contributed by atoms with van der Waals surface area (Å²) >= 11 is 0. The number of rotatable bonds is 9. The zero-order valence-corrected chi connectivity index (χ0v) is 16.5. The average Bonchev–Trinajstić information content (AvgIpc) is 2.92. The normalized spacial score (nSPS) is 17.5. The SMILES string of the molecule is COc1ccc(CN2C(=O)N[C@@H](CC(=O)N[C@H](CO)C(C)C)C2=O)cc1OC. The van der Waals surface area contributed by atoms with Crippen LogP contribution < -0.4 is 20.1 Å². The van der Waals surface area contributed by atoms with Crippen LogP contribution in [0.25, 0.3) is 0 Å². The highest BCUT2D eigenvalue weighted by Gasteiger charge is 2.39. The number of aliphatic hydroxyl groups is 1. The molecule has 1 aromatic rings. The number of amides is 4. The van der Waals surface area contributed by atoms with E-state index in [0.717, 1.165) is 4.90 Å². The average molecular weight is 393 g/mol. The van der Waals surface area contributed by atoms with Gasteiger partial charge >= 0.3 is 6.03 Å².